The van der Waals surface area contributed by atoms with Crippen LogP contribution in [0.3, 0.4) is 0 Å². The summed E-state index contributed by atoms with van der Waals surface area (Å²) in [6.07, 6.45) is 4.12. The van der Waals surface area contributed by atoms with Crippen molar-refractivity contribution in [1.29, 1.82) is 0 Å². The van der Waals surface area contributed by atoms with E-state index in [9.17, 15) is 4.79 Å². The number of anilines is 1. The maximum Gasteiger partial charge on any atom is 0.161 e. The highest BCUT2D eigenvalue weighted by Gasteiger charge is 2.20. The lowest BCUT2D eigenvalue weighted by atomic mass is 9.96. The Morgan fingerprint density at radius 3 is 2.53 bits per heavy atom. The molecule has 0 radical (unpaired) electrons. The van der Waals surface area contributed by atoms with E-state index in [2.05, 4.69) is 28.9 Å². The molecular formula is C15H23N3O. The van der Waals surface area contributed by atoms with Crippen molar-refractivity contribution < 1.29 is 4.79 Å². The molecule has 4 heteroatoms. The second kappa shape index (κ2) is 6.15. The summed E-state index contributed by atoms with van der Waals surface area (Å²) in [6.45, 7) is 4.86. The largest absolute Gasteiger partial charge is 0.357 e. The zero-order valence-corrected chi connectivity index (χ0v) is 12.1. The molecule has 0 bridgehead atoms. The van der Waals surface area contributed by atoms with Gasteiger partial charge in [-0.3, -0.25) is 4.79 Å². The molecule has 0 aliphatic carbocycles. The Kier molecular flexibility index (Phi) is 4.53. The van der Waals surface area contributed by atoms with Crippen LogP contribution >= 0.6 is 0 Å². The summed E-state index contributed by atoms with van der Waals surface area (Å²) in [6, 6.07) is 3.83. The van der Waals surface area contributed by atoms with Gasteiger partial charge in [0.25, 0.3) is 0 Å². The summed E-state index contributed by atoms with van der Waals surface area (Å²) in [4.78, 5) is 20.2. The van der Waals surface area contributed by atoms with E-state index >= 15 is 0 Å². The maximum absolute atomic E-state index is 11.2. The van der Waals surface area contributed by atoms with Gasteiger partial charge in [-0.15, -0.1) is 0 Å². The van der Waals surface area contributed by atoms with Gasteiger partial charge in [-0.05, 0) is 51.9 Å². The van der Waals surface area contributed by atoms with Gasteiger partial charge in [0, 0.05) is 31.4 Å². The van der Waals surface area contributed by atoms with Gasteiger partial charge in [-0.1, -0.05) is 0 Å². The van der Waals surface area contributed by atoms with Crippen molar-refractivity contribution in [1.82, 2.24) is 9.88 Å². The zero-order valence-electron chi connectivity index (χ0n) is 12.1. The molecule has 0 aromatic carbocycles. The summed E-state index contributed by atoms with van der Waals surface area (Å²) in [5, 5.41) is 0. The number of hydrogen-bond acceptors (Lipinski definition) is 4. The van der Waals surface area contributed by atoms with Gasteiger partial charge < -0.3 is 9.80 Å². The standard InChI is InChI=1S/C15H23N3O/c1-12(19)14-4-5-15(16-10-14)18-8-6-13(7-9-18)11-17(2)3/h4-5,10,13H,6-9,11H2,1-3H3. The van der Waals surface area contributed by atoms with E-state index in [1.165, 1.54) is 19.4 Å². The first-order valence-electron chi connectivity index (χ1n) is 6.93. The molecule has 0 amide bonds. The van der Waals surface area contributed by atoms with Crippen LogP contribution in [0.2, 0.25) is 0 Å². The first-order chi connectivity index (χ1) is 9.06. The molecule has 0 saturated carbocycles. The molecule has 19 heavy (non-hydrogen) atoms. The Morgan fingerprint density at radius 2 is 2.05 bits per heavy atom. The third-order valence-electron chi connectivity index (χ3n) is 3.72. The SMILES string of the molecule is CC(=O)c1ccc(N2CCC(CN(C)C)CC2)nc1. The summed E-state index contributed by atoms with van der Waals surface area (Å²) < 4.78 is 0. The predicted molar refractivity (Wildman–Crippen MR) is 77.7 cm³/mol. The van der Waals surface area contributed by atoms with Crippen molar-refractivity contribution >= 4 is 11.6 Å². The Morgan fingerprint density at radius 1 is 1.37 bits per heavy atom. The zero-order chi connectivity index (χ0) is 13.8. The van der Waals surface area contributed by atoms with Gasteiger partial charge in [-0.25, -0.2) is 4.98 Å². The first kappa shape index (κ1) is 14.0. The molecule has 1 saturated heterocycles. The van der Waals surface area contributed by atoms with Crippen LogP contribution in [-0.2, 0) is 0 Å². The fourth-order valence-electron chi connectivity index (χ4n) is 2.64. The van der Waals surface area contributed by atoms with Crippen LogP contribution in [0.25, 0.3) is 0 Å². The van der Waals surface area contributed by atoms with Gasteiger partial charge in [0.2, 0.25) is 0 Å². The third kappa shape index (κ3) is 3.77. The molecule has 0 unspecified atom stereocenters. The number of pyridine rings is 1. The fraction of sp³-hybridized carbons (Fsp3) is 0.600. The number of carbonyl (C=O) groups excluding carboxylic acids is 1. The molecule has 2 rings (SSSR count). The van der Waals surface area contributed by atoms with Gasteiger partial charge in [0.05, 0.1) is 0 Å². The minimum Gasteiger partial charge on any atom is -0.357 e. The lowest BCUT2D eigenvalue weighted by molar-refractivity contribution is 0.101. The summed E-state index contributed by atoms with van der Waals surface area (Å²) in [5.74, 6) is 1.86. The highest BCUT2D eigenvalue weighted by Crippen LogP contribution is 2.22. The van der Waals surface area contributed by atoms with Crippen LogP contribution in [0, 0.1) is 5.92 Å². The second-order valence-electron chi connectivity index (χ2n) is 5.65. The minimum atomic E-state index is 0.0729. The van der Waals surface area contributed by atoms with E-state index in [0.717, 1.165) is 24.8 Å². The fourth-order valence-corrected chi connectivity index (χ4v) is 2.64. The highest BCUT2D eigenvalue weighted by molar-refractivity contribution is 5.93. The third-order valence-corrected chi connectivity index (χ3v) is 3.72. The van der Waals surface area contributed by atoms with Crippen molar-refractivity contribution in [2.75, 3.05) is 38.6 Å². The lowest BCUT2D eigenvalue weighted by Crippen LogP contribution is -2.37. The predicted octanol–water partition coefficient (Wildman–Crippen LogP) is 2.06. The highest BCUT2D eigenvalue weighted by atomic mass is 16.1. The molecule has 4 nitrogen and oxygen atoms in total. The van der Waals surface area contributed by atoms with Crippen LogP contribution in [0.5, 0.6) is 0 Å². The van der Waals surface area contributed by atoms with E-state index in [4.69, 9.17) is 0 Å². The van der Waals surface area contributed by atoms with Gasteiger partial charge >= 0.3 is 0 Å². The number of aromatic nitrogens is 1. The van der Waals surface area contributed by atoms with Gasteiger partial charge in [0.1, 0.15) is 5.82 Å². The molecule has 1 aromatic heterocycles. The van der Waals surface area contributed by atoms with Gasteiger partial charge in [0.15, 0.2) is 5.78 Å². The van der Waals surface area contributed by atoms with Crippen molar-refractivity contribution in [3.63, 3.8) is 0 Å². The molecule has 1 aliphatic rings. The quantitative estimate of drug-likeness (QED) is 0.777. The summed E-state index contributed by atoms with van der Waals surface area (Å²) in [7, 11) is 4.27. The molecule has 1 aliphatic heterocycles. The Labute approximate surface area is 115 Å². The molecule has 0 spiro atoms. The number of rotatable bonds is 4. The molecule has 1 fully saturated rings. The monoisotopic (exact) mass is 261 g/mol. The van der Waals surface area contributed by atoms with Crippen molar-refractivity contribution in [3.8, 4) is 0 Å². The topological polar surface area (TPSA) is 36.4 Å². The van der Waals surface area contributed by atoms with Crippen LogP contribution < -0.4 is 4.90 Å². The number of hydrogen-bond donors (Lipinski definition) is 0. The van der Waals surface area contributed by atoms with E-state index in [1.807, 2.05) is 12.1 Å². The molecule has 0 N–H and O–H groups in total. The molecule has 1 aromatic rings. The van der Waals surface area contributed by atoms with Gasteiger partial charge in [-0.2, -0.15) is 0 Å². The first-order valence-corrected chi connectivity index (χ1v) is 6.93. The summed E-state index contributed by atoms with van der Waals surface area (Å²) in [5.41, 5.74) is 0.686. The van der Waals surface area contributed by atoms with Crippen LogP contribution in [0.15, 0.2) is 18.3 Å². The normalized spacial score (nSPS) is 16.9. The molecule has 104 valence electrons. The van der Waals surface area contributed by atoms with Crippen molar-refractivity contribution in [2.24, 2.45) is 5.92 Å². The maximum atomic E-state index is 11.2. The Hall–Kier alpha value is -1.42. The minimum absolute atomic E-state index is 0.0729. The Bertz CT molecular complexity index is 420. The Balaban J connectivity index is 1.92. The smallest absolute Gasteiger partial charge is 0.161 e. The molecule has 0 atom stereocenters. The van der Waals surface area contributed by atoms with Crippen LogP contribution in [0.1, 0.15) is 30.1 Å². The van der Waals surface area contributed by atoms with E-state index in [0.29, 0.717) is 5.56 Å². The number of carbonyl (C=O) groups is 1. The number of piperidine rings is 1. The number of ketones is 1. The van der Waals surface area contributed by atoms with E-state index in [-0.39, 0.29) is 5.78 Å². The summed E-state index contributed by atoms with van der Waals surface area (Å²) >= 11 is 0. The van der Waals surface area contributed by atoms with Crippen molar-refractivity contribution in [3.05, 3.63) is 23.9 Å². The van der Waals surface area contributed by atoms with Crippen LogP contribution in [0.4, 0.5) is 5.82 Å². The average molecular weight is 261 g/mol. The number of nitrogens with zero attached hydrogens (tertiary/aromatic N) is 3. The molecular weight excluding hydrogens is 238 g/mol. The second-order valence-corrected chi connectivity index (χ2v) is 5.65. The van der Waals surface area contributed by atoms with Crippen molar-refractivity contribution in [2.45, 2.75) is 19.8 Å². The molecule has 2 heterocycles. The lowest BCUT2D eigenvalue weighted by Gasteiger charge is -2.33. The number of Topliss-reactive ketones (excluding diaryl/α,β-unsaturated/α-hetero) is 1. The van der Waals surface area contributed by atoms with E-state index in [1.54, 1.807) is 13.1 Å². The van der Waals surface area contributed by atoms with Crippen LogP contribution in [-0.4, -0.2) is 49.4 Å². The van der Waals surface area contributed by atoms with E-state index < -0.39 is 0 Å². The average Bonchev–Trinajstić information content (AvgIpc) is 2.39.